The highest BCUT2D eigenvalue weighted by Crippen LogP contribution is 2.05. The Morgan fingerprint density at radius 2 is 1.93 bits per heavy atom. The Labute approximate surface area is 81.1 Å². The van der Waals surface area contributed by atoms with Gasteiger partial charge < -0.3 is 20.1 Å². The summed E-state index contributed by atoms with van der Waals surface area (Å²) in [6.45, 7) is 0.0340. The molecule has 14 heavy (non-hydrogen) atoms. The second kappa shape index (κ2) is 7.28. The predicted octanol–water partition coefficient (Wildman–Crippen LogP) is 0.121. The molecule has 82 valence electrons. The minimum absolute atomic E-state index is 0.0340. The molecule has 0 saturated heterocycles. The highest BCUT2D eigenvalue weighted by atomic mass is 16.7. The first-order chi connectivity index (χ1) is 6.56. The summed E-state index contributed by atoms with van der Waals surface area (Å²) in [7, 11) is 0. The molecule has 0 spiro atoms. The molecule has 1 atom stereocenters. The van der Waals surface area contributed by atoms with Gasteiger partial charge in [0, 0.05) is 6.61 Å². The molecule has 3 N–H and O–H groups in total. The summed E-state index contributed by atoms with van der Waals surface area (Å²) < 4.78 is 3.80. The van der Waals surface area contributed by atoms with Crippen molar-refractivity contribution in [3.63, 3.8) is 0 Å². The molecule has 0 fully saturated rings. The second-order valence-electron chi connectivity index (χ2n) is 2.82. The first-order valence-corrected chi connectivity index (χ1v) is 4.28. The zero-order chi connectivity index (χ0) is 11.0. The third-order valence-corrected chi connectivity index (χ3v) is 1.55. The number of hydrogen-bond donors (Lipinski definition) is 3. The van der Waals surface area contributed by atoms with Gasteiger partial charge in [-0.3, -0.25) is 4.79 Å². The largest absolute Gasteiger partial charge is 0.513 e. The lowest BCUT2D eigenvalue weighted by atomic mass is 10.1. The molecule has 0 bridgehead atoms. The van der Waals surface area contributed by atoms with Gasteiger partial charge in [0.1, 0.15) is 0 Å². The molecule has 0 saturated carbocycles. The van der Waals surface area contributed by atoms with E-state index in [4.69, 9.17) is 10.2 Å². The average Bonchev–Trinajstić information content (AvgIpc) is 2.02. The van der Waals surface area contributed by atoms with Gasteiger partial charge in [0.05, 0.1) is 12.5 Å². The smallest absolute Gasteiger partial charge is 0.449 e. The quantitative estimate of drug-likeness (QED) is 0.324. The molecule has 0 heterocycles. The van der Waals surface area contributed by atoms with Crippen LogP contribution in [0.3, 0.4) is 0 Å². The lowest BCUT2D eigenvalue weighted by Gasteiger charge is -2.07. The van der Waals surface area contributed by atoms with Gasteiger partial charge in [-0.15, -0.1) is 0 Å². The summed E-state index contributed by atoms with van der Waals surface area (Å²) in [6.07, 6.45) is -1.44. The second-order valence-corrected chi connectivity index (χ2v) is 2.82. The molecule has 0 rings (SSSR count). The van der Waals surface area contributed by atoms with Gasteiger partial charge >= 0.3 is 12.1 Å². The van der Waals surface area contributed by atoms with Crippen molar-refractivity contribution in [1.82, 2.24) is 0 Å². The normalized spacial score (nSPS) is 12.1. The fourth-order valence-electron chi connectivity index (χ4n) is 0.925. The number of aliphatic hydroxyl groups excluding tert-OH is 2. The molecule has 6 heteroatoms. The van der Waals surface area contributed by atoms with Crippen LogP contribution in [-0.4, -0.2) is 40.2 Å². The highest BCUT2D eigenvalue weighted by Gasteiger charge is 2.14. The molecule has 0 aromatic heterocycles. The van der Waals surface area contributed by atoms with E-state index < -0.39 is 18.2 Å². The number of unbranched alkanes of at least 4 members (excludes halogenated alkanes) is 1. The molecule has 0 amide bonds. The number of hydrogen-bond acceptors (Lipinski definition) is 5. The Morgan fingerprint density at radius 3 is 2.43 bits per heavy atom. The van der Waals surface area contributed by atoms with Crippen LogP contribution < -0.4 is 0 Å². The van der Waals surface area contributed by atoms with Gasteiger partial charge in [-0.25, -0.2) is 4.79 Å². The van der Waals surface area contributed by atoms with E-state index in [1.807, 2.05) is 0 Å². The van der Waals surface area contributed by atoms with E-state index in [9.17, 15) is 14.7 Å². The van der Waals surface area contributed by atoms with E-state index in [1.165, 1.54) is 0 Å². The monoisotopic (exact) mass is 206 g/mol. The van der Waals surface area contributed by atoms with E-state index in [2.05, 4.69) is 4.74 Å². The van der Waals surface area contributed by atoms with E-state index in [0.29, 0.717) is 19.3 Å². The van der Waals surface area contributed by atoms with Gasteiger partial charge in [0.15, 0.2) is 0 Å². The summed E-state index contributed by atoms with van der Waals surface area (Å²) >= 11 is 0. The summed E-state index contributed by atoms with van der Waals surface area (Å²) in [4.78, 5) is 20.6. The van der Waals surface area contributed by atoms with E-state index in [0.717, 1.165) is 0 Å². The van der Waals surface area contributed by atoms with Crippen LogP contribution in [0.2, 0.25) is 0 Å². The number of ether oxygens (including phenoxy) is 1. The van der Waals surface area contributed by atoms with Crippen molar-refractivity contribution in [2.24, 2.45) is 0 Å². The number of aliphatic hydroxyl groups is 2. The zero-order valence-corrected chi connectivity index (χ0v) is 7.68. The number of carbonyl (C=O) groups is 2. The Morgan fingerprint density at radius 1 is 1.29 bits per heavy atom. The zero-order valence-electron chi connectivity index (χ0n) is 7.68. The van der Waals surface area contributed by atoms with Crippen molar-refractivity contribution in [3.8, 4) is 0 Å². The van der Waals surface area contributed by atoms with Crippen molar-refractivity contribution in [2.45, 2.75) is 31.8 Å². The van der Waals surface area contributed by atoms with Crippen LogP contribution >= 0.6 is 0 Å². The SMILES string of the molecule is O=C(O)OC(=O)CC(O)CCCCO. The third kappa shape index (κ3) is 7.51. The van der Waals surface area contributed by atoms with E-state index in [1.54, 1.807) is 0 Å². The minimum Gasteiger partial charge on any atom is -0.449 e. The Hall–Kier alpha value is -1.14. The number of carbonyl (C=O) groups excluding carboxylic acids is 1. The maximum absolute atomic E-state index is 10.7. The maximum atomic E-state index is 10.7. The van der Waals surface area contributed by atoms with Crippen molar-refractivity contribution in [2.75, 3.05) is 6.61 Å². The van der Waals surface area contributed by atoms with Crippen LogP contribution in [0, 0.1) is 0 Å². The van der Waals surface area contributed by atoms with Crippen LogP contribution in [-0.2, 0) is 9.53 Å². The van der Waals surface area contributed by atoms with Gasteiger partial charge in [-0.2, -0.15) is 0 Å². The van der Waals surface area contributed by atoms with Gasteiger partial charge in [0.25, 0.3) is 0 Å². The molecule has 0 aromatic carbocycles. The lowest BCUT2D eigenvalue weighted by Crippen LogP contribution is -2.18. The lowest BCUT2D eigenvalue weighted by molar-refractivity contribution is -0.141. The van der Waals surface area contributed by atoms with Crippen LogP contribution in [0.4, 0.5) is 4.79 Å². The van der Waals surface area contributed by atoms with Crippen molar-refractivity contribution < 1.29 is 29.6 Å². The molecule has 0 radical (unpaired) electrons. The first-order valence-electron chi connectivity index (χ1n) is 4.28. The fraction of sp³-hybridized carbons (Fsp3) is 0.750. The number of esters is 1. The van der Waals surface area contributed by atoms with Gasteiger partial charge in [-0.05, 0) is 19.3 Å². The molecule has 6 nitrogen and oxygen atoms in total. The molecule has 0 aliphatic carbocycles. The topological polar surface area (TPSA) is 104 Å². The van der Waals surface area contributed by atoms with Crippen molar-refractivity contribution in [3.05, 3.63) is 0 Å². The fourth-order valence-corrected chi connectivity index (χ4v) is 0.925. The summed E-state index contributed by atoms with van der Waals surface area (Å²) in [5, 5.41) is 25.7. The van der Waals surface area contributed by atoms with E-state index >= 15 is 0 Å². The maximum Gasteiger partial charge on any atom is 0.513 e. The molecule has 0 aliphatic rings. The minimum atomic E-state index is -1.67. The van der Waals surface area contributed by atoms with Gasteiger partial charge in [0.2, 0.25) is 0 Å². The predicted molar refractivity (Wildman–Crippen MR) is 45.7 cm³/mol. The van der Waals surface area contributed by atoms with Crippen LogP contribution in [0.5, 0.6) is 0 Å². The Balaban J connectivity index is 3.55. The average molecular weight is 206 g/mol. The first kappa shape index (κ1) is 12.9. The van der Waals surface area contributed by atoms with Gasteiger partial charge in [-0.1, -0.05) is 0 Å². The Kier molecular flexibility index (Phi) is 6.69. The highest BCUT2D eigenvalue weighted by molar-refractivity contribution is 5.81. The molecule has 1 unspecified atom stereocenters. The van der Waals surface area contributed by atoms with Crippen molar-refractivity contribution in [1.29, 1.82) is 0 Å². The summed E-state index contributed by atoms with van der Waals surface area (Å²) in [6, 6.07) is 0. The summed E-state index contributed by atoms with van der Waals surface area (Å²) in [5.41, 5.74) is 0. The van der Waals surface area contributed by atoms with Crippen LogP contribution in [0.15, 0.2) is 0 Å². The molecule has 0 aliphatic heterocycles. The molecular formula is C8H14O6. The van der Waals surface area contributed by atoms with Crippen molar-refractivity contribution >= 4 is 12.1 Å². The molecule has 0 aromatic rings. The molecular weight excluding hydrogens is 192 g/mol. The third-order valence-electron chi connectivity index (χ3n) is 1.55. The number of carboxylic acid groups (broad SMARTS) is 1. The van der Waals surface area contributed by atoms with E-state index in [-0.39, 0.29) is 13.0 Å². The number of rotatable bonds is 6. The van der Waals surface area contributed by atoms with Crippen LogP contribution in [0.1, 0.15) is 25.7 Å². The Bertz CT molecular complexity index is 190. The van der Waals surface area contributed by atoms with Crippen LogP contribution in [0.25, 0.3) is 0 Å². The standard InChI is InChI=1S/C8H14O6/c9-4-2-1-3-6(10)5-7(11)14-8(12)13/h6,9-10H,1-5H2,(H,12,13). The summed E-state index contributed by atoms with van der Waals surface area (Å²) in [5.74, 6) is -0.964.